The molecule has 3 amide bonds. The van der Waals surface area contributed by atoms with Gasteiger partial charge in [0.2, 0.25) is 0 Å². The molecule has 2 heterocycles. The summed E-state index contributed by atoms with van der Waals surface area (Å²) < 4.78 is 67.6. The van der Waals surface area contributed by atoms with E-state index < -0.39 is 43.7 Å². The van der Waals surface area contributed by atoms with Crippen molar-refractivity contribution in [1.29, 1.82) is 0 Å². The Morgan fingerprint density at radius 2 is 1.68 bits per heavy atom. The van der Waals surface area contributed by atoms with Gasteiger partial charge in [0.15, 0.2) is 0 Å². The van der Waals surface area contributed by atoms with Crippen LogP contribution in [0.15, 0.2) is 78.0 Å². The molecule has 2 unspecified atom stereocenters. The van der Waals surface area contributed by atoms with Crippen LogP contribution in [0.25, 0.3) is 0 Å². The van der Waals surface area contributed by atoms with Crippen LogP contribution in [-0.2, 0) is 14.6 Å². The molecule has 1 aliphatic carbocycles. The van der Waals surface area contributed by atoms with E-state index in [0.717, 1.165) is 17.0 Å². The number of aromatic nitrogens is 1. The second-order valence-corrected chi connectivity index (χ2v) is 10.8. The first-order valence-electron chi connectivity index (χ1n) is 11.2. The molecule has 1 saturated carbocycles. The number of para-hydroxylation sites is 1. The van der Waals surface area contributed by atoms with Gasteiger partial charge in [-0.05, 0) is 54.8 Å². The van der Waals surface area contributed by atoms with E-state index in [4.69, 9.17) is 4.74 Å². The second-order valence-electron chi connectivity index (χ2n) is 8.83. The van der Waals surface area contributed by atoms with Gasteiger partial charge in [-0.2, -0.15) is 13.2 Å². The van der Waals surface area contributed by atoms with Crippen molar-refractivity contribution >= 4 is 39.1 Å². The van der Waals surface area contributed by atoms with E-state index in [1.165, 1.54) is 23.4 Å². The average molecular weight is 545 g/mol. The van der Waals surface area contributed by atoms with Gasteiger partial charge >= 0.3 is 17.5 Å². The molecule has 9 nitrogen and oxygen atoms in total. The van der Waals surface area contributed by atoms with Gasteiger partial charge in [-0.3, -0.25) is 14.7 Å². The SMILES string of the molecule is CC1CC12C(=O)N(c1ccc(S(=O)(=O)C(F)(F)F)cc1)C(=O)N2c1ccncc1C(=O)Oc1ccccc1. The van der Waals surface area contributed by atoms with Crippen molar-refractivity contribution in [2.24, 2.45) is 5.92 Å². The summed E-state index contributed by atoms with van der Waals surface area (Å²) in [6, 6.07) is 12.0. The van der Waals surface area contributed by atoms with Gasteiger partial charge < -0.3 is 4.74 Å². The number of hydrogen-bond acceptors (Lipinski definition) is 7. The van der Waals surface area contributed by atoms with Crippen LogP contribution < -0.4 is 14.5 Å². The van der Waals surface area contributed by atoms with Crippen molar-refractivity contribution < 1.29 is 40.7 Å². The van der Waals surface area contributed by atoms with Crippen LogP contribution in [0.5, 0.6) is 5.75 Å². The van der Waals surface area contributed by atoms with Crippen LogP contribution >= 0.6 is 0 Å². The second kappa shape index (κ2) is 8.65. The quantitative estimate of drug-likeness (QED) is 0.266. The number of benzene rings is 2. The monoisotopic (exact) mass is 545 g/mol. The number of ether oxygens (including phenoxy) is 1. The fraction of sp³-hybridized carbons (Fsp3) is 0.200. The van der Waals surface area contributed by atoms with E-state index in [1.54, 1.807) is 37.3 Å². The van der Waals surface area contributed by atoms with Crippen molar-refractivity contribution in [3.63, 3.8) is 0 Å². The molecule has 38 heavy (non-hydrogen) atoms. The molecule has 13 heteroatoms. The van der Waals surface area contributed by atoms with E-state index in [0.29, 0.717) is 12.1 Å². The third-order valence-electron chi connectivity index (χ3n) is 6.55. The maximum atomic E-state index is 13.7. The topological polar surface area (TPSA) is 114 Å². The first-order valence-corrected chi connectivity index (χ1v) is 12.7. The van der Waals surface area contributed by atoms with Gasteiger partial charge in [0.1, 0.15) is 16.9 Å². The number of anilines is 2. The number of rotatable bonds is 5. The third kappa shape index (κ3) is 3.81. The zero-order chi connectivity index (χ0) is 27.5. The van der Waals surface area contributed by atoms with E-state index in [2.05, 4.69) is 4.98 Å². The first kappa shape index (κ1) is 25.4. The molecule has 0 bridgehead atoms. The Balaban J connectivity index is 1.52. The van der Waals surface area contributed by atoms with E-state index in [9.17, 15) is 36.0 Å². The summed E-state index contributed by atoms with van der Waals surface area (Å²) >= 11 is 0. The molecule has 196 valence electrons. The molecule has 2 atom stereocenters. The number of sulfone groups is 1. The van der Waals surface area contributed by atoms with E-state index in [1.807, 2.05) is 0 Å². The number of esters is 1. The number of urea groups is 1. The molecule has 0 radical (unpaired) electrons. The number of carbonyl (C=O) groups excluding carboxylic acids is 3. The fourth-order valence-electron chi connectivity index (χ4n) is 4.51. The summed E-state index contributed by atoms with van der Waals surface area (Å²) in [4.78, 5) is 45.1. The highest BCUT2D eigenvalue weighted by molar-refractivity contribution is 7.92. The smallest absolute Gasteiger partial charge is 0.423 e. The van der Waals surface area contributed by atoms with Gasteiger partial charge in [0, 0.05) is 12.4 Å². The average Bonchev–Trinajstić information content (AvgIpc) is 3.49. The Morgan fingerprint density at radius 1 is 1.05 bits per heavy atom. The lowest BCUT2D eigenvalue weighted by atomic mass is 10.1. The van der Waals surface area contributed by atoms with Crippen LogP contribution in [0.2, 0.25) is 0 Å². The Kier molecular flexibility index (Phi) is 5.78. The number of imide groups is 1. The Labute approximate surface area is 214 Å². The maximum Gasteiger partial charge on any atom is 0.501 e. The molecule has 2 aromatic carbocycles. The molecular formula is C25H18F3N3O6S. The standard InChI is InChI=1S/C25H18F3N3O6S/c1-15-13-24(15)22(33)30(16-7-9-18(10-8-16)38(35,36)25(26,27)28)23(34)31(24)20-11-12-29-14-19(20)21(32)37-17-5-3-2-4-6-17/h2-12,14-15H,13H2,1H3. The molecule has 1 spiro atoms. The summed E-state index contributed by atoms with van der Waals surface area (Å²) in [6.07, 6.45) is 2.81. The molecule has 2 fully saturated rings. The third-order valence-corrected chi connectivity index (χ3v) is 8.05. The minimum atomic E-state index is -5.61. The van der Waals surface area contributed by atoms with Gasteiger partial charge in [-0.25, -0.2) is 22.9 Å². The highest BCUT2D eigenvalue weighted by atomic mass is 32.2. The first-order chi connectivity index (χ1) is 17.9. The predicted molar refractivity (Wildman–Crippen MR) is 127 cm³/mol. The summed E-state index contributed by atoms with van der Waals surface area (Å²) in [5.74, 6) is -1.52. The van der Waals surface area contributed by atoms with Crippen molar-refractivity contribution in [2.75, 3.05) is 9.80 Å². The fourth-order valence-corrected chi connectivity index (χ4v) is 5.27. The minimum absolute atomic E-state index is 0.0717. The lowest BCUT2D eigenvalue weighted by Crippen LogP contribution is -2.40. The van der Waals surface area contributed by atoms with Gasteiger partial charge in [-0.1, -0.05) is 25.1 Å². The molecule has 1 aromatic heterocycles. The van der Waals surface area contributed by atoms with Crippen molar-refractivity contribution in [2.45, 2.75) is 29.3 Å². The van der Waals surface area contributed by atoms with Gasteiger partial charge in [0.25, 0.3) is 15.7 Å². The number of alkyl halides is 3. The van der Waals surface area contributed by atoms with Crippen molar-refractivity contribution in [1.82, 2.24) is 4.98 Å². The van der Waals surface area contributed by atoms with E-state index >= 15 is 0 Å². The summed E-state index contributed by atoms with van der Waals surface area (Å²) in [7, 11) is -5.61. The number of hydrogen-bond donors (Lipinski definition) is 0. The highest BCUT2D eigenvalue weighted by Crippen LogP contribution is 2.56. The molecule has 2 aliphatic rings. The Morgan fingerprint density at radius 3 is 2.26 bits per heavy atom. The molecule has 1 aliphatic heterocycles. The van der Waals surface area contributed by atoms with Crippen LogP contribution in [0.4, 0.5) is 29.3 Å². The normalized spacial score (nSPS) is 21.2. The van der Waals surface area contributed by atoms with E-state index in [-0.39, 0.29) is 35.0 Å². The predicted octanol–water partition coefficient (Wildman–Crippen LogP) is 4.35. The van der Waals surface area contributed by atoms with Crippen molar-refractivity contribution in [3.8, 4) is 5.75 Å². The number of nitrogens with zero attached hydrogens (tertiary/aromatic N) is 3. The lowest BCUT2D eigenvalue weighted by Gasteiger charge is -2.24. The molecule has 1 saturated heterocycles. The van der Waals surface area contributed by atoms with Crippen LogP contribution in [0.1, 0.15) is 23.7 Å². The van der Waals surface area contributed by atoms with Crippen LogP contribution in [0.3, 0.4) is 0 Å². The number of halogens is 3. The molecular weight excluding hydrogens is 527 g/mol. The van der Waals surface area contributed by atoms with Gasteiger partial charge in [-0.15, -0.1) is 0 Å². The largest absolute Gasteiger partial charge is 0.501 e. The highest BCUT2D eigenvalue weighted by Gasteiger charge is 2.71. The number of carbonyl (C=O) groups is 3. The number of pyridine rings is 1. The van der Waals surface area contributed by atoms with Crippen LogP contribution in [-0.4, -0.2) is 42.4 Å². The molecule has 5 rings (SSSR count). The zero-order valence-corrected chi connectivity index (χ0v) is 20.4. The molecule has 0 N–H and O–H groups in total. The van der Waals surface area contributed by atoms with Crippen LogP contribution in [0, 0.1) is 5.92 Å². The summed E-state index contributed by atoms with van der Waals surface area (Å²) in [5.41, 5.74) is -6.97. The summed E-state index contributed by atoms with van der Waals surface area (Å²) in [6.45, 7) is 1.74. The minimum Gasteiger partial charge on any atom is -0.423 e. The zero-order valence-electron chi connectivity index (χ0n) is 19.5. The Hall–Kier alpha value is -4.26. The Bertz CT molecular complexity index is 1560. The van der Waals surface area contributed by atoms with Gasteiger partial charge in [0.05, 0.1) is 16.3 Å². The maximum absolute atomic E-state index is 13.7. The molecule has 3 aromatic rings. The summed E-state index contributed by atoms with van der Waals surface area (Å²) in [5, 5.41) is 0. The lowest BCUT2D eigenvalue weighted by molar-refractivity contribution is -0.119. The van der Waals surface area contributed by atoms with Crippen molar-refractivity contribution in [3.05, 3.63) is 78.6 Å². The number of amides is 3.